The molecular weight excluding hydrogens is 200 g/mol. The van der Waals surface area contributed by atoms with Crippen LogP contribution in [0.5, 0.6) is 0 Å². The zero-order valence-electron chi connectivity index (χ0n) is 10.7. The first-order valence-electron chi connectivity index (χ1n) is 5.79. The fourth-order valence-electron chi connectivity index (χ4n) is 1.64. The lowest BCUT2D eigenvalue weighted by atomic mass is 10.0. The molecule has 1 aromatic rings. The molecule has 0 spiro atoms. The highest BCUT2D eigenvalue weighted by atomic mass is 16.5. The van der Waals surface area contributed by atoms with Gasteiger partial charge in [-0.25, -0.2) is 0 Å². The maximum absolute atomic E-state index is 5.25. The largest absolute Gasteiger partial charge is 0.381 e. The number of hydrogen-bond acceptors (Lipinski definition) is 2. The van der Waals surface area contributed by atoms with Crippen LogP contribution in [0.15, 0.2) is 24.3 Å². The summed E-state index contributed by atoms with van der Waals surface area (Å²) in [4.78, 5) is 0. The maximum atomic E-state index is 5.25. The van der Waals surface area contributed by atoms with Gasteiger partial charge in [0.15, 0.2) is 0 Å². The molecule has 2 unspecified atom stereocenters. The standard InChI is InChI=1S/C14H22O2/c1-11(15-3)9-13-5-7-14(8-6-13)10-12(2)16-4/h5-8,11-12H,9-10H2,1-4H3. The second kappa shape index (κ2) is 6.66. The van der Waals surface area contributed by atoms with Gasteiger partial charge in [0.2, 0.25) is 0 Å². The number of hydrogen-bond donors (Lipinski definition) is 0. The predicted molar refractivity (Wildman–Crippen MR) is 66.8 cm³/mol. The van der Waals surface area contributed by atoms with Crippen LogP contribution in [0.3, 0.4) is 0 Å². The normalized spacial score (nSPS) is 14.8. The summed E-state index contributed by atoms with van der Waals surface area (Å²) >= 11 is 0. The third kappa shape index (κ3) is 4.33. The van der Waals surface area contributed by atoms with Crippen molar-refractivity contribution < 1.29 is 9.47 Å². The zero-order valence-corrected chi connectivity index (χ0v) is 10.7. The third-order valence-corrected chi connectivity index (χ3v) is 2.87. The molecule has 0 saturated heterocycles. The summed E-state index contributed by atoms with van der Waals surface area (Å²) in [6.07, 6.45) is 2.50. The Morgan fingerprint density at radius 1 is 0.812 bits per heavy atom. The fourth-order valence-corrected chi connectivity index (χ4v) is 1.64. The van der Waals surface area contributed by atoms with Gasteiger partial charge in [-0.3, -0.25) is 0 Å². The van der Waals surface area contributed by atoms with E-state index in [1.165, 1.54) is 11.1 Å². The molecule has 0 bridgehead atoms. The van der Waals surface area contributed by atoms with Crippen LogP contribution < -0.4 is 0 Å². The van der Waals surface area contributed by atoms with Gasteiger partial charge in [-0.15, -0.1) is 0 Å². The van der Waals surface area contributed by atoms with Crippen LogP contribution in [0, 0.1) is 0 Å². The highest BCUT2D eigenvalue weighted by Crippen LogP contribution is 2.10. The molecule has 1 rings (SSSR count). The summed E-state index contributed by atoms with van der Waals surface area (Å²) < 4.78 is 10.5. The minimum absolute atomic E-state index is 0.281. The highest BCUT2D eigenvalue weighted by Gasteiger charge is 2.04. The van der Waals surface area contributed by atoms with Crippen LogP contribution in [0.2, 0.25) is 0 Å². The number of ether oxygens (including phenoxy) is 2. The lowest BCUT2D eigenvalue weighted by Gasteiger charge is -2.11. The predicted octanol–water partition coefficient (Wildman–Crippen LogP) is 2.84. The van der Waals surface area contributed by atoms with E-state index in [1.807, 2.05) is 0 Å². The van der Waals surface area contributed by atoms with Crippen molar-refractivity contribution in [1.29, 1.82) is 0 Å². The van der Waals surface area contributed by atoms with E-state index >= 15 is 0 Å². The number of methoxy groups -OCH3 is 2. The molecular formula is C14H22O2. The van der Waals surface area contributed by atoms with Gasteiger partial charge in [0.05, 0.1) is 12.2 Å². The molecule has 0 aliphatic heterocycles. The lowest BCUT2D eigenvalue weighted by molar-refractivity contribution is 0.118. The van der Waals surface area contributed by atoms with E-state index in [1.54, 1.807) is 14.2 Å². The van der Waals surface area contributed by atoms with Gasteiger partial charge in [0, 0.05) is 14.2 Å². The topological polar surface area (TPSA) is 18.5 Å². The molecule has 2 atom stereocenters. The van der Waals surface area contributed by atoms with Gasteiger partial charge in [-0.2, -0.15) is 0 Å². The van der Waals surface area contributed by atoms with Gasteiger partial charge in [-0.05, 0) is 37.8 Å². The Morgan fingerprint density at radius 3 is 1.38 bits per heavy atom. The average molecular weight is 222 g/mol. The summed E-state index contributed by atoms with van der Waals surface area (Å²) in [7, 11) is 3.50. The summed E-state index contributed by atoms with van der Waals surface area (Å²) in [6, 6.07) is 8.70. The van der Waals surface area contributed by atoms with Crippen molar-refractivity contribution in [3.8, 4) is 0 Å². The molecule has 0 fully saturated rings. The fraction of sp³-hybridized carbons (Fsp3) is 0.571. The second-order valence-corrected chi connectivity index (χ2v) is 4.32. The van der Waals surface area contributed by atoms with Gasteiger partial charge >= 0.3 is 0 Å². The van der Waals surface area contributed by atoms with Gasteiger partial charge in [0.1, 0.15) is 0 Å². The zero-order chi connectivity index (χ0) is 12.0. The second-order valence-electron chi connectivity index (χ2n) is 4.32. The van der Waals surface area contributed by atoms with E-state index in [0.717, 1.165) is 12.8 Å². The van der Waals surface area contributed by atoms with E-state index < -0.39 is 0 Å². The van der Waals surface area contributed by atoms with Crippen molar-refractivity contribution in [1.82, 2.24) is 0 Å². The molecule has 2 nitrogen and oxygen atoms in total. The van der Waals surface area contributed by atoms with Crippen LogP contribution in [0.1, 0.15) is 25.0 Å². The molecule has 2 heteroatoms. The molecule has 90 valence electrons. The van der Waals surface area contributed by atoms with Crippen LogP contribution >= 0.6 is 0 Å². The van der Waals surface area contributed by atoms with Crippen molar-refractivity contribution in [2.75, 3.05) is 14.2 Å². The minimum Gasteiger partial charge on any atom is -0.381 e. The van der Waals surface area contributed by atoms with Crippen LogP contribution in [-0.2, 0) is 22.3 Å². The Labute approximate surface area is 98.6 Å². The van der Waals surface area contributed by atoms with Gasteiger partial charge < -0.3 is 9.47 Å². The Hall–Kier alpha value is -0.860. The van der Waals surface area contributed by atoms with Crippen molar-refractivity contribution in [3.05, 3.63) is 35.4 Å². The van der Waals surface area contributed by atoms with Gasteiger partial charge in [-0.1, -0.05) is 24.3 Å². The summed E-state index contributed by atoms with van der Waals surface area (Å²) in [5, 5.41) is 0. The van der Waals surface area contributed by atoms with Crippen molar-refractivity contribution >= 4 is 0 Å². The van der Waals surface area contributed by atoms with Crippen LogP contribution in [0.4, 0.5) is 0 Å². The SMILES string of the molecule is COC(C)Cc1ccc(CC(C)OC)cc1. The van der Waals surface area contributed by atoms with Gasteiger partial charge in [0.25, 0.3) is 0 Å². The first-order chi connectivity index (χ1) is 7.65. The van der Waals surface area contributed by atoms with E-state index in [9.17, 15) is 0 Å². The maximum Gasteiger partial charge on any atom is 0.0583 e. The van der Waals surface area contributed by atoms with Crippen LogP contribution in [-0.4, -0.2) is 26.4 Å². The average Bonchev–Trinajstić information content (AvgIpc) is 2.31. The van der Waals surface area contributed by atoms with Crippen molar-refractivity contribution in [2.45, 2.75) is 38.9 Å². The Bertz CT molecular complexity index is 261. The molecule has 0 saturated carbocycles. The molecule has 16 heavy (non-hydrogen) atoms. The quantitative estimate of drug-likeness (QED) is 0.737. The Morgan fingerprint density at radius 2 is 1.12 bits per heavy atom. The Kier molecular flexibility index (Phi) is 5.50. The summed E-state index contributed by atoms with van der Waals surface area (Å²) in [6.45, 7) is 4.17. The number of benzene rings is 1. The van der Waals surface area contributed by atoms with E-state index in [0.29, 0.717) is 0 Å². The monoisotopic (exact) mass is 222 g/mol. The van der Waals surface area contributed by atoms with Crippen molar-refractivity contribution in [2.24, 2.45) is 0 Å². The molecule has 0 N–H and O–H groups in total. The molecule has 0 radical (unpaired) electrons. The van der Waals surface area contributed by atoms with E-state index in [-0.39, 0.29) is 12.2 Å². The summed E-state index contributed by atoms with van der Waals surface area (Å²) in [5.74, 6) is 0. The Balaban J connectivity index is 2.54. The third-order valence-electron chi connectivity index (χ3n) is 2.87. The number of rotatable bonds is 6. The van der Waals surface area contributed by atoms with E-state index in [2.05, 4.69) is 38.1 Å². The molecule has 0 aromatic heterocycles. The smallest absolute Gasteiger partial charge is 0.0583 e. The highest BCUT2D eigenvalue weighted by molar-refractivity contribution is 5.23. The summed E-state index contributed by atoms with van der Waals surface area (Å²) in [5.41, 5.74) is 2.64. The van der Waals surface area contributed by atoms with Crippen molar-refractivity contribution in [3.63, 3.8) is 0 Å². The molecule has 0 heterocycles. The molecule has 1 aromatic carbocycles. The van der Waals surface area contributed by atoms with Crippen LogP contribution in [0.25, 0.3) is 0 Å². The molecule has 0 aliphatic rings. The molecule has 0 aliphatic carbocycles. The lowest BCUT2D eigenvalue weighted by Crippen LogP contribution is -2.10. The first kappa shape index (κ1) is 13.2. The first-order valence-corrected chi connectivity index (χ1v) is 5.79. The molecule has 0 amide bonds. The minimum atomic E-state index is 0.281. The van der Waals surface area contributed by atoms with E-state index in [4.69, 9.17) is 9.47 Å².